The maximum atomic E-state index is 11.8. The van der Waals surface area contributed by atoms with Gasteiger partial charge in [0.25, 0.3) is 5.91 Å². The van der Waals surface area contributed by atoms with Crippen molar-refractivity contribution >= 4 is 39.9 Å². The van der Waals surface area contributed by atoms with Gasteiger partial charge in [-0.05, 0) is 30.0 Å². The molecule has 2 aromatic rings. The number of ether oxygens (including phenoxy) is 1. The predicted molar refractivity (Wildman–Crippen MR) is 108 cm³/mol. The van der Waals surface area contributed by atoms with Gasteiger partial charge in [-0.25, -0.2) is 4.98 Å². The summed E-state index contributed by atoms with van der Waals surface area (Å²) in [5, 5.41) is 0. The van der Waals surface area contributed by atoms with Crippen molar-refractivity contribution in [3.63, 3.8) is 0 Å². The molecule has 0 unspecified atom stereocenters. The van der Waals surface area contributed by atoms with E-state index in [9.17, 15) is 4.79 Å². The van der Waals surface area contributed by atoms with Crippen LogP contribution in [0.4, 0.5) is 0 Å². The van der Waals surface area contributed by atoms with Gasteiger partial charge in [-0.15, -0.1) is 11.8 Å². The summed E-state index contributed by atoms with van der Waals surface area (Å²) in [5.74, 6) is 1.92. The zero-order chi connectivity index (χ0) is 18.7. The number of carbonyl (C=O) groups is 1. The van der Waals surface area contributed by atoms with Gasteiger partial charge < -0.3 is 9.15 Å². The van der Waals surface area contributed by atoms with Crippen molar-refractivity contribution in [3.8, 4) is 5.75 Å². The van der Waals surface area contributed by atoms with E-state index in [0.717, 1.165) is 15.7 Å². The number of benzene rings is 1. The van der Waals surface area contributed by atoms with E-state index in [1.165, 1.54) is 23.5 Å². The molecule has 7 heteroatoms. The highest BCUT2D eigenvalue weighted by Crippen LogP contribution is 2.32. The molecule has 1 amide bonds. The zero-order valence-electron chi connectivity index (χ0n) is 15.1. The number of amides is 1. The molecule has 0 bridgehead atoms. The van der Waals surface area contributed by atoms with Crippen molar-refractivity contribution in [2.45, 2.75) is 32.8 Å². The summed E-state index contributed by atoms with van der Waals surface area (Å²) in [4.78, 5) is 20.7. The molecule has 0 saturated carbocycles. The Morgan fingerprint density at radius 3 is 2.58 bits per heavy atom. The lowest BCUT2D eigenvalue weighted by atomic mass is 9.94. The van der Waals surface area contributed by atoms with E-state index in [0.29, 0.717) is 16.5 Å². The van der Waals surface area contributed by atoms with Crippen LogP contribution in [0.15, 0.2) is 44.8 Å². The summed E-state index contributed by atoms with van der Waals surface area (Å²) in [5.41, 5.74) is 0.854. The number of hydrogen-bond donors (Lipinski definition) is 0. The molecular formula is C19H20N2O3S2. The molecule has 0 atom stereocenters. The quantitative estimate of drug-likeness (QED) is 0.695. The Hall–Kier alpha value is -1.99. The molecule has 136 valence electrons. The SMILES string of the molecule is CSC1=NC(=O)/C(=C\c2ccc(OCc3ncc(C(C)(C)C)o3)cc2)S1. The minimum Gasteiger partial charge on any atom is -0.484 e. The minimum atomic E-state index is -0.182. The Bertz CT molecular complexity index is 862. The fraction of sp³-hybridized carbons (Fsp3) is 0.316. The summed E-state index contributed by atoms with van der Waals surface area (Å²) in [7, 11) is 0. The Kier molecular flexibility index (Phi) is 5.58. The molecule has 1 aromatic carbocycles. The van der Waals surface area contributed by atoms with E-state index in [1.54, 1.807) is 6.20 Å². The van der Waals surface area contributed by atoms with Gasteiger partial charge in [-0.3, -0.25) is 4.79 Å². The smallest absolute Gasteiger partial charge is 0.285 e. The monoisotopic (exact) mass is 388 g/mol. The van der Waals surface area contributed by atoms with Gasteiger partial charge in [0, 0.05) is 5.41 Å². The summed E-state index contributed by atoms with van der Waals surface area (Å²) < 4.78 is 12.2. The summed E-state index contributed by atoms with van der Waals surface area (Å²) in [6.07, 6.45) is 5.49. The lowest BCUT2D eigenvalue weighted by Crippen LogP contribution is -2.09. The number of carbonyl (C=O) groups excluding carboxylic acids is 1. The van der Waals surface area contributed by atoms with Crippen LogP contribution in [0.25, 0.3) is 6.08 Å². The van der Waals surface area contributed by atoms with E-state index in [2.05, 4.69) is 30.7 Å². The Morgan fingerprint density at radius 2 is 2.00 bits per heavy atom. The molecule has 0 aliphatic carbocycles. The zero-order valence-corrected chi connectivity index (χ0v) is 16.7. The molecule has 0 radical (unpaired) electrons. The van der Waals surface area contributed by atoms with Gasteiger partial charge >= 0.3 is 0 Å². The molecule has 0 fully saturated rings. The van der Waals surface area contributed by atoms with Crippen molar-refractivity contribution in [1.29, 1.82) is 0 Å². The number of aliphatic imine (C=N–C) groups is 1. The third-order valence-electron chi connectivity index (χ3n) is 3.61. The third kappa shape index (κ3) is 4.59. The number of aromatic nitrogens is 1. The van der Waals surface area contributed by atoms with Gasteiger partial charge in [-0.2, -0.15) is 4.99 Å². The van der Waals surface area contributed by atoms with Crippen molar-refractivity contribution < 1.29 is 13.9 Å². The fourth-order valence-electron chi connectivity index (χ4n) is 2.16. The Morgan fingerprint density at radius 1 is 1.27 bits per heavy atom. The average molecular weight is 389 g/mol. The maximum absolute atomic E-state index is 11.8. The first kappa shape index (κ1) is 18.8. The molecule has 5 nitrogen and oxygen atoms in total. The number of rotatable bonds is 4. The summed E-state index contributed by atoms with van der Waals surface area (Å²) in [6, 6.07) is 7.54. The van der Waals surface area contributed by atoms with Crippen LogP contribution in [0.1, 0.15) is 38.0 Å². The number of thioether (sulfide) groups is 2. The first-order chi connectivity index (χ1) is 12.3. The first-order valence-electron chi connectivity index (χ1n) is 8.10. The average Bonchev–Trinajstić information content (AvgIpc) is 3.21. The third-order valence-corrected chi connectivity index (χ3v) is 5.58. The predicted octanol–water partition coefficient (Wildman–Crippen LogP) is 4.88. The standard InChI is InChI=1S/C19H20N2O3S2/c1-19(2,3)15-10-20-16(24-15)11-23-13-7-5-12(6-8-13)9-14-17(22)21-18(25-4)26-14/h5-10H,11H2,1-4H3/b14-9+. The highest BCUT2D eigenvalue weighted by atomic mass is 32.2. The number of hydrogen-bond acceptors (Lipinski definition) is 6. The summed E-state index contributed by atoms with van der Waals surface area (Å²) in [6.45, 7) is 6.50. The molecule has 26 heavy (non-hydrogen) atoms. The summed E-state index contributed by atoms with van der Waals surface area (Å²) >= 11 is 2.88. The second-order valence-corrected chi connectivity index (χ2v) is 8.81. The second-order valence-electron chi connectivity index (χ2n) is 6.72. The fourth-order valence-corrected chi connectivity index (χ4v) is 3.58. The van der Waals surface area contributed by atoms with Crippen LogP contribution < -0.4 is 4.74 Å². The van der Waals surface area contributed by atoms with Crippen molar-refractivity contribution in [3.05, 3.63) is 52.6 Å². The lowest BCUT2D eigenvalue weighted by Gasteiger charge is -2.13. The highest BCUT2D eigenvalue weighted by molar-refractivity contribution is 8.40. The minimum absolute atomic E-state index is 0.0735. The maximum Gasteiger partial charge on any atom is 0.285 e. The van der Waals surface area contributed by atoms with Crippen LogP contribution in [-0.4, -0.2) is 21.5 Å². The highest BCUT2D eigenvalue weighted by Gasteiger charge is 2.21. The van der Waals surface area contributed by atoms with E-state index in [1.807, 2.05) is 36.6 Å². The molecule has 1 aliphatic rings. The number of oxazole rings is 1. The topological polar surface area (TPSA) is 64.7 Å². The van der Waals surface area contributed by atoms with Gasteiger partial charge in [0.15, 0.2) is 6.61 Å². The molecule has 0 saturated heterocycles. The van der Waals surface area contributed by atoms with Crippen LogP contribution in [0, 0.1) is 0 Å². The van der Waals surface area contributed by atoms with Crippen molar-refractivity contribution in [1.82, 2.24) is 4.98 Å². The van der Waals surface area contributed by atoms with Crippen LogP contribution in [-0.2, 0) is 16.8 Å². The van der Waals surface area contributed by atoms with Crippen molar-refractivity contribution in [2.75, 3.05) is 6.26 Å². The molecule has 0 spiro atoms. The number of nitrogens with zero attached hydrogens (tertiary/aromatic N) is 2. The molecule has 2 heterocycles. The van der Waals surface area contributed by atoms with E-state index in [4.69, 9.17) is 9.15 Å². The van der Waals surface area contributed by atoms with E-state index >= 15 is 0 Å². The van der Waals surface area contributed by atoms with Crippen molar-refractivity contribution in [2.24, 2.45) is 4.99 Å². The Labute approximate surface area is 161 Å². The second kappa shape index (κ2) is 7.72. The molecule has 1 aromatic heterocycles. The van der Waals surface area contributed by atoms with Crippen LogP contribution in [0.3, 0.4) is 0 Å². The first-order valence-corrected chi connectivity index (χ1v) is 10.1. The van der Waals surface area contributed by atoms with Gasteiger partial charge in [0.1, 0.15) is 15.9 Å². The normalized spacial score (nSPS) is 16.2. The van der Waals surface area contributed by atoms with E-state index < -0.39 is 0 Å². The van der Waals surface area contributed by atoms with Crippen LogP contribution >= 0.6 is 23.5 Å². The lowest BCUT2D eigenvalue weighted by molar-refractivity contribution is -0.113. The van der Waals surface area contributed by atoms with Crippen LogP contribution in [0.2, 0.25) is 0 Å². The molecular weight excluding hydrogens is 368 g/mol. The van der Waals surface area contributed by atoms with Gasteiger partial charge in [-0.1, -0.05) is 44.7 Å². The van der Waals surface area contributed by atoms with Gasteiger partial charge in [0.2, 0.25) is 5.89 Å². The van der Waals surface area contributed by atoms with Crippen LogP contribution in [0.5, 0.6) is 5.75 Å². The van der Waals surface area contributed by atoms with E-state index in [-0.39, 0.29) is 17.9 Å². The molecule has 0 N–H and O–H groups in total. The molecule has 3 rings (SSSR count). The largest absolute Gasteiger partial charge is 0.484 e. The molecule has 1 aliphatic heterocycles. The van der Waals surface area contributed by atoms with Gasteiger partial charge in [0.05, 0.1) is 11.1 Å². The Balaban J connectivity index is 1.60.